The molecule has 0 amide bonds. The Bertz CT molecular complexity index is 1550. The minimum atomic E-state index is -1.04. The number of halogens is 3. The fourth-order valence-electron chi connectivity index (χ4n) is 4.25. The summed E-state index contributed by atoms with van der Waals surface area (Å²) in [6.45, 7) is 5.58. The van der Waals surface area contributed by atoms with Crippen LogP contribution in [0, 0.1) is 6.92 Å². The molecule has 0 aliphatic carbocycles. The molecule has 0 spiro atoms. The third-order valence-electron chi connectivity index (χ3n) is 6.76. The molecule has 0 radical (unpaired) electrons. The summed E-state index contributed by atoms with van der Waals surface area (Å²) in [5.41, 5.74) is 4.85. The number of pyridine rings is 1. The first-order valence-electron chi connectivity index (χ1n) is 12.7. The first-order chi connectivity index (χ1) is 18.9. The topological polar surface area (TPSA) is 76.5 Å². The first-order valence-corrected chi connectivity index (χ1v) is 13.8. The molecule has 40 heavy (non-hydrogen) atoms. The van der Waals surface area contributed by atoms with Gasteiger partial charge in [-0.1, -0.05) is 65.1 Å². The van der Waals surface area contributed by atoms with Crippen LogP contribution in [0.3, 0.4) is 0 Å². The van der Waals surface area contributed by atoms with Gasteiger partial charge >= 0.3 is 5.97 Å². The summed E-state index contributed by atoms with van der Waals surface area (Å²) in [7, 11) is 0. The molecular formula is C32H28Cl3NO4. The largest absolute Gasteiger partial charge is 0.478 e. The molecule has 1 heterocycles. The number of carboxylic acid groups (broad SMARTS) is 1. The van der Waals surface area contributed by atoms with E-state index in [1.165, 1.54) is 12.1 Å². The van der Waals surface area contributed by atoms with Crippen molar-refractivity contribution in [2.24, 2.45) is 0 Å². The zero-order chi connectivity index (χ0) is 29.0. The van der Waals surface area contributed by atoms with Crippen LogP contribution in [0.2, 0.25) is 15.1 Å². The molecule has 4 aromatic rings. The highest BCUT2D eigenvalue weighted by Gasteiger charge is 2.28. The van der Waals surface area contributed by atoms with Gasteiger partial charge in [0, 0.05) is 43.9 Å². The Morgan fingerprint density at radius 3 is 2.15 bits per heavy atom. The maximum Gasteiger partial charge on any atom is 0.335 e. The number of rotatable bonds is 10. The van der Waals surface area contributed by atoms with Crippen LogP contribution < -0.4 is 0 Å². The number of aromatic nitrogens is 1. The van der Waals surface area contributed by atoms with E-state index in [-0.39, 0.29) is 24.4 Å². The van der Waals surface area contributed by atoms with Crippen LogP contribution in [0.1, 0.15) is 47.4 Å². The van der Waals surface area contributed by atoms with E-state index in [9.17, 15) is 9.59 Å². The summed E-state index contributed by atoms with van der Waals surface area (Å²) in [4.78, 5) is 29.1. The number of Topliss-reactive ketones (excluding diaryl/α,β-unsaturated/α-hetero) is 1. The predicted octanol–water partition coefficient (Wildman–Crippen LogP) is 8.88. The molecule has 206 valence electrons. The standard InChI is InChI=1S/C32H28Cl3NO4/c1-19-23(18-40-32(2,3)29(37)15-6-20-4-7-22(8-5-20)31(38)39)16-27(26-14-13-25(34)17-28(26)35)30(36-19)21-9-11-24(33)12-10-21/h4-5,7-14,16-17H,6,15,18H2,1-3H3,(H,38,39). The van der Waals surface area contributed by atoms with Crippen molar-refractivity contribution in [1.29, 1.82) is 0 Å². The van der Waals surface area contributed by atoms with Crippen LogP contribution in [0.4, 0.5) is 0 Å². The number of hydrogen-bond acceptors (Lipinski definition) is 4. The summed E-state index contributed by atoms with van der Waals surface area (Å²) in [5, 5.41) is 10.7. The van der Waals surface area contributed by atoms with Crippen molar-refractivity contribution in [3.8, 4) is 22.4 Å². The van der Waals surface area contributed by atoms with Gasteiger partial charge in [0.05, 0.1) is 17.9 Å². The highest BCUT2D eigenvalue weighted by Crippen LogP contribution is 2.38. The number of carbonyl (C=O) groups excluding carboxylic acids is 1. The molecule has 1 N–H and O–H groups in total. The Labute approximate surface area is 248 Å². The molecule has 0 aliphatic rings. The quantitative estimate of drug-likeness (QED) is 0.198. The molecule has 0 saturated carbocycles. The molecule has 0 aliphatic heterocycles. The highest BCUT2D eigenvalue weighted by molar-refractivity contribution is 6.36. The summed E-state index contributed by atoms with van der Waals surface area (Å²) in [6.07, 6.45) is 0.749. The number of carbonyl (C=O) groups is 2. The van der Waals surface area contributed by atoms with Crippen molar-refractivity contribution < 1.29 is 19.4 Å². The zero-order valence-corrected chi connectivity index (χ0v) is 24.6. The second-order valence-electron chi connectivity index (χ2n) is 9.98. The molecule has 0 bridgehead atoms. The van der Waals surface area contributed by atoms with Gasteiger partial charge in [-0.05, 0) is 80.8 Å². The summed E-state index contributed by atoms with van der Waals surface area (Å²) >= 11 is 18.9. The van der Waals surface area contributed by atoms with Crippen LogP contribution >= 0.6 is 34.8 Å². The van der Waals surface area contributed by atoms with Gasteiger partial charge in [-0.25, -0.2) is 4.79 Å². The van der Waals surface area contributed by atoms with Gasteiger partial charge < -0.3 is 9.84 Å². The van der Waals surface area contributed by atoms with Gasteiger partial charge in [-0.2, -0.15) is 0 Å². The van der Waals surface area contributed by atoms with Gasteiger partial charge in [0.15, 0.2) is 5.78 Å². The third-order valence-corrected chi connectivity index (χ3v) is 7.56. The fourth-order valence-corrected chi connectivity index (χ4v) is 4.88. The second-order valence-corrected chi connectivity index (χ2v) is 11.3. The number of nitrogens with zero attached hydrogens (tertiary/aromatic N) is 1. The van der Waals surface area contributed by atoms with Crippen molar-refractivity contribution in [2.45, 2.75) is 45.8 Å². The Balaban J connectivity index is 1.56. The lowest BCUT2D eigenvalue weighted by Gasteiger charge is -2.25. The molecule has 3 aromatic carbocycles. The molecule has 5 nitrogen and oxygen atoms in total. The van der Waals surface area contributed by atoms with E-state index in [0.29, 0.717) is 21.5 Å². The van der Waals surface area contributed by atoms with Gasteiger partial charge in [-0.3, -0.25) is 9.78 Å². The minimum Gasteiger partial charge on any atom is -0.478 e. The third kappa shape index (κ3) is 7.10. The lowest BCUT2D eigenvalue weighted by molar-refractivity contribution is -0.141. The first kappa shape index (κ1) is 29.8. The van der Waals surface area contributed by atoms with E-state index in [0.717, 1.165) is 39.2 Å². The minimum absolute atomic E-state index is 0.0563. The van der Waals surface area contributed by atoms with Crippen molar-refractivity contribution >= 4 is 46.6 Å². The van der Waals surface area contributed by atoms with Crippen LogP contribution in [0.25, 0.3) is 22.4 Å². The molecule has 4 rings (SSSR count). The summed E-state index contributed by atoms with van der Waals surface area (Å²) in [5.74, 6) is -1.04. The molecular weight excluding hydrogens is 569 g/mol. The van der Waals surface area contributed by atoms with E-state index >= 15 is 0 Å². The van der Waals surface area contributed by atoms with Crippen LogP contribution in [-0.2, 0) is 22.6 Å². The van der Waals surface area contributed by atoms with Crippen LogP contribution in [-0.4, -0.2) is 27.4 Å². The Morgan fingerprint density at radius 1 is 0.875 bits per heavy atom. The van der Waals surface area contributed by atoms with E-state index in [4.69, 9.17) is 49.6 Å². The number of aromatic carboxylic acids is 1. The second kappa shape index (κ2) is 12.5. The number of hydrogen-bond donors (Lipinski definition) is 1. The molecule has 0 atom stereocenters. The SMILES string of the molecule is Cc1nc(-c2ccc(Cl)cc2)c(-c2ccc(Cl)cc2Cl)cc1COC(C)(C)C(=O)CCc1ccc(C(=O)O)cc1. The van der Waals surface area contributed by atoms with Crippen LogP contribution in [0.5, 0.6) is 0 Å². The molecule has 0 saturated heterocycles. The van der Waals surface area contributed by atoms with E-state index in [1.54, 1.807) is 38.1 Å². The maximum absolute atomic E-state index is 13.1. The average molecular weight is 597 g/mol. The normalized spacial score (nSPS) is 11.4. The maximum atomic E-state index is 13.1. The Morgan fingerprint density at radius 2 is 1.52 bits per heavy atom. The number of carboxylic acids is 1. The van der Waals surface area contributed by atoms with E-state index < -0.39 is 11.6 Å². The fraction of sp³-hybridized carbons (Fsp3) is 0.219. The highest BCUT2D eigenvalue weighted by atomic mass is 35.5. The van der Waals surface area contributed by atoms with Crippen molar-refractivity contribution in [2.75, 3.05) is 0 Å². The zero-order valence-electron chi connectivity index (χ0n) is 22.3. The summed E-state index contributed by atoms with van der Waals surface area (Å²) in [6, 6.07) is 21.3. The van der Waals surface area contributed by atoms with Crippen molar-refractivity contribution in [3.05, 3.63) is 110 Å². The van der Waals surface area contributed by atoms with Crippen molar-refractivity contribution in [1.82, 2.24) is 4.98 Å². The molecule has 0 fully saturated rings. The monoisotopic (exact) mass is 595 g/mol. The van der Waals surface area contributed by atoms with Gasteiger partial charge in [0.1, 0.15) is 5.60 Å². The smallest absolute Gasteiger partial charge is 0.335 e. The Hall–Kier alpha value is -3.22. The number of benzene rings is 3. The Kier molecular flexibility index (Phi) is 9.32. The molecule has 8 heteroatoms. The van der Waals surface area contributed by atoms with Gasteiger partial charge in [-0.15, -0.1) is 0 Å². The van der Waals surface area contributed by atoms with E-state index in [1.807, 2.05) is 43.3 Å². The number of aryl methyl sites for hydroxylation is 2. The lowest BCUT2D eigenvalue weighted by Crippen LogP contribution is -2.35. The van der Waals surface area contributed by atoms with Crippen LogP contribution in [0.15, 0.2) is 72.8 Å². The number of ketones is 1. The molecule has 0 unspecified atom stereocenters. The lowest BCUT2D eigenvalue weighted by atomic mass is 9.95. The predicted molar refractivity (Wildman–Crippen MR) is 160 cm³/mol. The van der Waals surface area contributed by atoms with Gasteiger partial charge in [0.2, 0.25) is 0 Å². The summed E-state index contributed by atoms with van der Waals surface area (Å²) < 4.78 is 6.16. The average Bonchev–Trinajstić information content (AvgIpc) is 2.92. The van der Waals surface area contributed by atoms with Gasteiger partial charge in [0.25, 0.3) is 0 Å². The molecule has 1 aromatic heterocycles. The van der Waals surface area contributed by atoms with E-state index in [2.05, 4.69) is 0 Å². The number of ether oxygens (including phenoxy) is 1. The van der Waals surface area contributed by atoms with Crippen molar-refractivity contribution in [3.63, 3.8) is 0 Å².